The first kappa shape index (κ1) is 20.0. The first-order chi connectivity index (χ1) is 16.0. The van der Waals surface area contributed by atoms with Crippen molar-refractivity contribution in [2.75, 3.05) is 5.73 Å². The van der Waals surface area contributed by atoms with Crippen molar-refractivity contribution in [3.63, 3.8) is 0 Å². The highest BCUT2D eigenvalue weighted by molar-refractivity contribution is 5.72. The number of nitrogens with zero attached hydrogens (tertiary/aromatic N) is 5. The Morgan fingerprint density at radius 1 is 1.06 bits per heavy atom. The minimum atomic E-state index is -0.451. The molecular weight excluding hydrogens is 419 g/mol. The van der Waals surface area contributed by atoms with Crippen LogP contribution in [0.25, 0.3) is 22.5 Å². The number of benzene rings is 1. The summed E-state index contributed by atoms with van der Waals surface area (Å²) in [5.74, 6) is 0.468. The van der Waals surface area contributed by atoms with Crippen molar-refractivity contribution in [1.82, 2.24) is 24.5 Å². The van der Waals surface area contributed by atoms with E-state index in [1.165, 1.54) is 18.6 Å². The van der Waals surface area contributed by atoms with E-state index in [9.17, 15) is 4.39 Å². The summed E-state index contributed by atoms with van der Waals surface area (Å²) in [6.45, 7) is 1.90. The second-order valence-electron chi connectivity index (χ2n) is 8.97. The van der Waals surface area contributed by atoms with Gasteiger partial charge in [0.1, 0.15) is 11.9 Å². The van der Waals surface area contributed by atoms with Crippen LogP contribution in [0.1, 0.15) is 55.0 Å². The molecule has 1 aliphatic heterocycles. The average molecular weight is 445 g/mol. The lowest BCUT2D eigenvalue weighted by Gasteiger charge is -2.28. The number of aromatic nitrogens is 5. The molecule has 0 radical (unpaired) electrons. The third kappa shape index (κ3) is 3.20. The number of aryl methyl sites for hydroxylation is 1. The molecule has 7 nitrogen and oxygen atoms in total. The molecule has 2 aliphatic rings. The molecule has 6 rings (SSSR count). The van der Waals surface area contributed by atoms with Gasteiger partial charge >= 0.3 is 0 Å². The first-order valence-electron chi connectivity index (χ1n) is 11.3. The van der Waals surface area contributed by atoms with E-state index >= 15 is 0 Å². The molecule has 8 heteroatoms. The zero-order valence-electron chi connectivity index (χ0n) is 18.6. The van der Waals surface area contributed by atoms with Crippen molar-refractivity contribution in [1.29, 1.82) is 0 Å². The fourth-order valence-electron chi connectivity index (χ4n) is 4.94. The number of pyridine rings is 1. The summed E-state index contributed by atoms with van der Waals surface area (Å²) in [4.78, 5) is 4.43. The van der Waals surface area contributed by atoms with Gasteiger partial charge in [0.25, 0.3) is 0 Å². The molecule has 168 valence electrons. The van der Waals surface area contributed by atoms with Gasteiger partial charge in [0, 0.05) is 47.5 Å². The molecule has 33 heavy (non-hydrogen) atoms. The van der Waals surface area contributed by atoms with Crippen molar-refractivity contribution in [3.8, 4) is 28.3 Å². The van der Waals surface area contributed by atoms with Gasteiger partial charge in [-0.3, -0.25) is 9.36 Å². The standard InChI is InChI=1S/C25H25FN6O/c1-14-21-10-18(26)6-7-20(21)24-16(12-29-31(24)2)8-15-13-30-32(19-4-3-5-19)23(15)17-9-22(33-14)25(27)28-11-17/h6-7,9-14,19H,3-5,8H2,1-2H3,(H2,27,28)/t14-/m1/s1. The Balaban J connectivity index is 1.62. The normalized spacial score (nSPS) is 17.6. The third-order valence-corrected chi connectivity index (χ3v) is 6.85. The van der Waals surface area contributed by atoms with Gasteiger partial charge in [-0.2, -0.15) is 10.2 Å². The molecule has 0 amide bonds. The predicted molar refractivity (Wildman–Crippen MR) is 123 cm³/mol. The lowest BCUT2D eigenvalue weighted by molar-refractivity contribution is 0.227. The molecule has 4 heterocycles. The van der Waals surface area contributed by atoms with Crippen molar-refractivity contribution in [3.05, 3.63) is 65.4 Å². The van der Waals surface area contributed by atoms with E-state index in [4.69, 9.17) is 15.6 Å². The summed E-state index contributed by atoms with van der Waals surface area (Å²) < 4.78 is 24.6. The molecule has 1 aliphatic carbocycles. The smallest absolute Gasteiger partial charge is 0.166 e. The van der Waals surface area contributed by atoms with E-state index in [2.05, 4.69) is 14.8 Å². The van der Waals surface area contributed by atoms with Crippen LogP contribution < -0.4 is 10.5 Å². The van der Waals surface area contributed by atoms with Crippen molar-refractivity contribution >= 4 is 5.82 Å². The van der Waals surface area contributed by atoms with Crippen LogP contribution in [0.2, 0.25) is 0 Å². The molecule has 1 atom stereocenters. The van der Waals surface area contributed by atoms with Gasteiger partial charge in [0.05, 0.1) is 29.8 Å². The van der Waals surface area contributed by atoms with Gasteiger partial charge in [-0.25, -0.2) is 9.37 Å². The highest BCUT2D eigenvalue weighted by Gasteiger charge is 2.28. The summed E-state index contributed by atoms with van der Waals surface area (Å²) in [5.41, 5.74) is 12.8. The number of fused-ring (bicyclic) bond motifs is 7. The number of ether oxygens (including phenoxy) is 1. The second-order valence-corrected chi connectivity index (χ2v) is 8.97. The van der Waals surface area contributed by atoms with Crippen LogP contribution in [0, 0.1) is 5.82 Å². The van der Waals surface area contributed by atoms with E-state index in [0.717, 1.165) is 52.0 Å². The van der Waals surface area contributed by atoms with Crippen molar-refractivity contribution in [2.24, 2.45) is 7.05 Å². The first-order valence-corrected chi connectivity index (χ1v) is 11.3. The minimum absolute atomic E-state index is 0.304. The monoisotopic (exact) mass is 444 g/mol. The molecule has 1 saturated carbocycles. The fourth-order valence-corrected chi connectivity index (χ4v) is 4.94. The van der Waals surface area contributed by atoms with Crippen molar-refractivity contribution < 1.29 is 9.13 Å². The summed E-state index contributed by atoms with van der Waals surface area (Å²) in [7, 11) is 1.91. The Labute approximate surface area is 191 Å². The third-order valence-electron chi connectivity index (χ3n) is 6.85. The van der Waals surface area contributed by atoms with E-state index in [1.54, 1.807) is 12.3 Å². The lowest BCUT2D eigenvalue weighted by Crippen LogP contribution is -2.19. The van der Waals surface area contributed by atoms with E-state index in [1.807, 2.05) is 37.1 Å². The van der Waals surface area contributed by atoms with Gasteiger partial charge in [0.15, 0.2) is 11.6 Å². The van der Waals surface area contributed by atoms with E-state index in [0.29, 0.717) is 24.0 Å². The highest BCUT2D eigenvalue weighted by atomic mass is 19.1. The van der Waals surface area contributed by atoms with Crippen molar-refractivity contribution in [2.45, 2.75) is 44.8 Å². The number of anilines is 1. The Hall–Kier alpha value is -3.68. The summed E-state index contributed by atoms with van der Waals surface area (Å²) in [5, 5.41) is 9.32. The SMILES string of the molecule is C[C@H]1Oc2cc(cnc2N)-c2c(cnn2C2CCC2)Cc2cnn(C)c2-c2ccc(F)cc21. The van der Waals surface area contributed by atoms with Crippen LogP contribution in [-0.2, 0) is 13.5 Å². The number of nitrogens with two attached hydrogens (primary N) is 1. The average Bonchev–Trinajstić information content (AvgIpc) is 3.32. The van der Waals surface area contributed by atoms with Gasteiger partial charge in [-0.05, 0) is 50.5 Å². The van der Waals surface area contributed by atoms with Crippen LogP contribution in [0.3, 0.4) is 0 Å². The van der Waals surface area contributed by atoms with Crippen LogP contribution in [0.4, 0.5) is 10.2 Å². The largest absolute Gasteiger partial charge is 0.482 e. The predicted octanol–water partition coefficient (Wildman–Crippen LogP) is 4.84. The Morgan fingerprint density at radius 2 is 1.85 bits per heavy atom. The quantitative estimate of drug-likeness (QED) is 0.454. The Morgan fingerprint density at radius 3 is 2.64 bits per heavy atom. The number of hydrogen-bond donors (Lipinski definition) is 1. The zero-order valence-corrected chi connectivity index (χ0v) is 18.6. The van der Waals surface area contributed by atoms with Crippen LogP contribution >= 0.6 is 0 Å². The van der Waals surface area contributed by atoms with Gasteiger partial charge in [-0.15, -0.1) is 0 Å². The van der Waals surface area contributed by atoms with Crippen LogP contribution in [0.15, 0.2) is 42.9 Å². The number of halogens is 1. The summed E-state index contributed by atoms with van der Waals surface area (Å²) in [6.07, 6.45) is 9.27. The zero-order chi connectivity index (χ0) is 22.7. The molecule has 1 fully saturated rings. The van der Waals surface area contributed by atoms with E-state index in [-0.39, 0.29) is 5.82 Å². The minimum Gasteiger partial charge on any atom is -0.482 e. The maximum absolute atomic E-state index is 14.3. The molecule has 1 aromatic carbocycles. The summed E-state index contributed by atoms with van der Waals surface area (Å²) >= 11 is 0. The molecule has 0 spiro atoms. The molecule has 2 bridgehead atoms. The number of hydrogen-bond acceptors (Lipinski definition) is 5. The van der Waals surface area contributed by atoms with Gasteiger partial charge < -0.3 is 10.5 Å². The summed E-state index contributed by atoms with van der Waals surface area (Å²) in [6, 6.07) is 7.12. The number of rotatable bonds is 1. The van der Waals surface area contributed by atoms with Crippen LogP contribution in [-0.4, -0.2) is 24.5 Å². The maximum atomic E-state index is 14.3. The molecule has 2 N–H and O–H groups in total. The molecule has 0 unspecified atom stereocenters. The molecule has 4 aromatic rings. The topological polar surface area (TPSA) is 83.8 Å². The molecule has 0 saturated heterocycles. The molecular formula is C25H25FN6O. The lowest BCUT2D eigenvalue weighted by atomic mass is 9.91. The van der Waals surface area contributed by atoms with Gasteiger partial charge in [0.2, 0.25) is 0 Å². The van der Waals surface area contributed by atoms with Gasteiger partial charge in [-0.1, -0.05) is 0 Å². The van der Waals surface area contributed by atoms with E-state index < -0.39 is 6.10 Å². The number of nitrogen functional groups attached to an aromatic ring is 1. The fraction of sp³-hybridized carbons (Fsp3) is 0.320. The Kier molecular flexibility index (Phi) is 4.50. The molecule has 3 aromatic heterocycles. The highest BCUT2D eigenvalue weighted by Crippen LogP contribution is 2.41. The second kappa shape index (κ2) is 7.43. The maximum Gasteiger partial charge on any atom is 0.166 e. The Bertz CT molecular complexity index is 1370. The van der Waals surface area contributed by atoms with Crippen LogP contribution in [0.5, 0.6) is 5.75 Å².